The van der Waals surface area contributed by atoms with Crippen molar-refractivity contribution in [3.8, 4) is 0 Å². The minimum Gasteiger partial charge on any atom is -0.395 e. The molecular formula is C18H22N2O4. The third-order valence-electron chi connectivity index (χ3n) is 4.00. The van der Waals surface area contributed by atoms with E-state index in [4.69, 9.17) is 10.2 Å². The number of anilines is 1. The van der Waals surface area contributed by atoms with Crippen molar-refractivity contribution in [3.05, 3.63) is 35.9 Å². The lowest BCUT2D eigenvalue weighted by molar-refractivity contribution is -0.119. The van der Waals surface area contributed by atoms with Crippen molar-refractivity contribution in [2.45, 2.75) is 13.8 Å². The summed E-state index contributed by atoms with van der Waals surface area (Å²) in [6.45, 7) is 4.14. The summed E-state index contributed by atoms with van der Waals surface area (Å²) in [6, 6.07) is 7.12. The first-order valence-corrected chi connectivity index (χ1v) is 7.90. The molecule has 2 rings (SSSR count). The third kappa shape index (κ3) is 3.96. The predicted octanol–water partition coefficient (Wildman–Crippen LogP) is 1.28. The number of aliphatic hydroxyl groups excluding tert-OH is 2. The number of allylic oxidation sites excluding steroid dienone is 2. The maximum atomic E-state index is 12.1. The van der Waals surface area contributed by atoms with Gasteiger partial charge in [0.05, 0.1) is 30.5 Å². The van der Waals surface area contributed by atoms with Crippen LogP contribution >= 0.6 is 0 Å². The number of nitrogens with zero attached hydrogens (tertiary/aromatic N) is 2. The minimum absolute atomic E-state index is 0.0101. The highest BCUT2D eigenvalue weighted by Gasteiger charge is 2.30. The Morgan fingerprint density at radius 2 is 1.67 bits per heavy atom. The van der Waals surface area contributed by atoms with E-state index in [0.29, 0.717) is 24.4 Å². The molecule has 2 N–H and O–H groups in total. The Morgan fingerprint density at radius 1 is 1.08 bits per heavy atom. The van der Waals surface area contributed by atoms with Crippen LogP contribution in [0.4, 0.5) is 11.4 Å². The van der Waals surface area contributed by atoms with Crippen molar-refractivity contribution < 1.29 is 19.8 Å². The van der Waals surface area contributed by atoms with Gasteiger partial charge in [0.2, 0.25) is 5.78 Å². The van der Waals surface area contributed by atoms with E-state index in [1.807, 2.05) is 17.0 Å². The van der Waals surface area contributed by atoms with E-state index in [1.165, 1.54) is 6.08 Å². The average Bonchev–Trinajstić information content (AvgIpc) is 2.57. The fraction of sp³-hybridized carbons (Fsp3) is 0.389. The third-order valence-corrected chi connectivity index (χ3v) is 4.00. The summed E-state index contributed by atoms with van der Waals surface area (Å²) in [6.07, 6.45) is 1.33. The lowest BCUT2D eigenvalue weighted by Crippen LogP contribution is -2.32. The average molecular weight is 330 g/mol. The Labute approximate surface area is 141 Å². The summed E-state index contributed by atoms with van der Waals surface area (Å²) in [4.78, 5) is 30.3. The maximum Gasteiger partial charge on any atom is 0.201 e. The molecule has 6 nitrogen and oxygen atoms in total. The molecule has 1 atom stereocenters. The van der Waals surface area contributed by atoms with Crippen LogP contribution in [-0.2, 0) is 9.59 Å². The first-order chi connectivity index (χ1) is 11.5. The van der Waals surface area contributed by atoms with Gasteiger partial charge in [0, 0.05) is 18.8 Å². The standard InChI is InChI=1S/C18H22N2O4/c1-12-11-16(23)17(13(2)18(12)24)19-14-3-5-15(6-4-14)20(7-9-21)8-10-22/h3-6,11,13,21-22H,7-10H2,1-2H3. The number of ketones is 2. The van der Waals surface area contributed by atoms with Gasteiger partial charge in [-0.3, -0.25) is 9.59 Å². The quantitative estimate of drug-likeness (QED) is 0.820. The van der Waals surface area contributed by atoms with Crippen LogP contribution in [0.5, 0.6) is 0 Å². The molecule has 1 aliphatic carbocycles. The highest BCUT2D eigenvalue weighted by atomic mass is 16.3. The Balaban J connectivity index is 2.25. The number of aliphatic hydroxyl groups is 2. The van der Waals surface area contributed by atoms with Crippen LogP contribution in [0.15, 0.2) is 40.9 Å². The van der Waals surface area contributed by atoms with Crippen molar-refractivity contribution in [1.29, 1.82) is 0 Å². The van der Waals surface area contributed by atoms with E-state index in [1.54, 1.807) is 26.0 Å². The number of aliphatic imine (C=N–C) groups is 1. The van der Waals surface area contributed by atoms with Crippen LogP contribution < -0.4 is 4.90 Å². The first kappa shape index (κ1) is 18.0. The fourth-order valence-electron chi connectivity index (χ4n) is 2.66. The summed E-state index contributed by atoms with van der Waals surface area (Å²) in [5.74, 6) is -0.852. The zero-order valence-corrected chi connectivity index (χ0v) is 13.9. The maximum absolute atomic E-state index is 12.1. The van der Waals surface area contributed by atoms with Crippen molar-refractivity contribution in [2.75, 3.05) is 31.2 Å². The van der Waals surface area contributed by atoms with Gasteiger partial charge in [0.1, 0.15) is 0 Å². The van der Waals surface area contributed by atoms with Crippen LogP contribution in [0.2, 0.25) is 0 Å². The molecule has 0 heterocycles. The van der Waals surface area contributed by atoms with Crippen LogP contribution in [0.25, 0.3) is 0 Å². The van der Waals surface area contributed by atoms with Gasteiger partial charge in [0.25, 0.3) is 0 Å². The molecule has 1 aromatic carbocycles. The Morgan fingerprint density at radius 3 is 2.21 bits per heavy atom. The number of rotatable bonds is 6. The van der Waals surface area contributed by atoms with Crippen LogP contribution in [0.1, 0.15) is 13.8 Å². The lowest BCUT2D eigenvalue weighted by Gasteiger charge is -2.23. The van der Waals surface area contributed by atoms with Gasteiger partial charge in [-0.1, -0.05) is 0 Å². The molecule has 0 radical (unpaired) electrons. The molecule has 24 heavy (non-hydrogen) atoms. The second-order valence-corrected chi connectivity index (χ2v) is 5.73. The molecular weight excluding hydrogens is 308 g/mol. The molecule has 0 fully saturated rings. The summed E-state index contributed by atoms with van der Waals surface area (Å²) < 4.78 is 0. The number of carbonyl (C=O) groups excluding carboxylic acids is 2. The minimum atomic E-state index is -0.539. The predicted molar refractivity (Wildman–Crippen MR) is 92.9 cm³/mol. The molecule has 0 saturated carbocycles. The smallest absolute Gasteiger partial charge is 0.201 e. The molecule has 128 valence electrons. The summed E-state index contributed by atoms with van der Waals surface area (Å²) >= 11 is 0. The van der Waals surface area contributed by atoms with Crippen molar-refractivity contribution in [3.63, 3.8) is 0 Å². The Bertz CT molecular complexity index is 671. The van der Waals surface area contributed by atoms with E-state index < -0.39 is 5.92 Å². The molecule has 0 aliphatic heterocycles. The SMILES string of the molecule is CC1=CC(=O)C(=Nc2ccc(N(CCO)CCO)cc2)C(C)C1=O. The van der Waals surface area contributed by atoms with Gasteiger partial charge in [0.15, 0.2) is 5.78 Å². The monoisotopic (exact) mass is 330 g/mol. The molecule has 0 bridgehead atoms. The highest BCUT2D eigenvalue weighted by Crippen LogP contribution is 2.23. The highest BCUT2D eigenvalue weighted by molar-refractivity contribution is 6.51. The van der Waals surface area contributed by atoms with Crippen molar-refractivity contribution >= 4 is 28.7 Å². The van der Waals surface area contributed by atoms with Gasteiger partial charge in [-0.2, -0.15) is 0 Å². The summed E-state index contributed by atoms with van der Waals surface area (Å²) in [5.41, 5.74) is 2.14. The number of Topliss-reactive ketones (excluding diaryl/α,β-unsaturated/α-hetero) is 1. The summed E-state index contributed by atoms with van der Waals surface area (Å²) in [7, 11) is 0. The topological polar surface area (TPSA) is 90.2 Å². The van der Waals surface area contributed by atoms with E-state index in [0.717, 1.165) is 5.69 Å². The Kier molecular flexibility index (Phi) is 6.00. The van der Waals surface area contributed by atoms with Gasteiger partial charge in [-0.15, -0.1) is 0 Å². The van der Waals surface area contributed by atoms with Crippen LogP contribution in [-0.4, -0.2) is 53.8 Å². The zero-order chi connectivity index (χ0) is 17.7. The number of carbonyl (C=O) groups is 2. The van der Waals surface area contributed by atoms with E-state index >= 15 is 0 Å². The zero-order valence-electron chi connectivity index (χ0n) is 13.9. The molecule has 0 aromatic heterocycles. The number of hydrogen-bond acceptors (Lipinski definition) is 6. The summed E-state index contributed by atoms with van der Waals surface area (Å²) in [5, 5.41) is 18.2. The largest absolute Gasteiger partial charge is 0.395 e. The fourth-order valence-corrected chi connectivity index (χ4v) is 2.66. The molecule has 1 aliphatic rings. The van der Waals surface area contributed by atoms with Crippen molar-refractivity contribution in [2.24, 2.45) is 10.9 Å². The normalized spacial score (nSPS) is 19.6. The molecule has 6 heteroatoms. The molecule has 0 spiro atoms. The molecule has 0 saturated heterocycles. The lowest BCUT2D eigenvalue weighted by atomic mass is 9.87. The van der Waals surface area contributed by atoms with E-state index in [9.17, 15) is 9.59 Å². The molecule has 0 amide bonds. The van der Waals surface area contributed by atoms with Gasteiger partial charge >= 0.3 is 0 Å². The molecule has 1 aromatic rings. The number of benzene rings is 1. The molecule has 1 unspecified atom stereocenters. The van der Waals surface area contributed by atoms with Crippen molar-refractivity contribution in [1.82, 2.24) is 0 Å². The number of hydrogen-bond donors (Lipinski definition) is 2. The van der Waals surface area contributed by atoms with Crippen LogP contribution in [0, 0.1) is 5.92 Å². The van der Waals surface area contributed by atoms with Gasteiger partial charge in [-0.25, -0.2) is 4.99 Å². The van der Waals surface area contributed by atoms with E-state index in [2.05, 4.69) is 4.99 Å². The van der Waals surface area contributed by atoms with Gasteiger partial charge < -0.3 is 15.1 Å². The first-order valence-electron chi connectivity index (χ1n) is 7.90. The van der Waals surface area contributed by atoms with Gasteiger partial charge in [-0.05, 0) is 49.8 Å². The van der Waals surface area contributed by atoms with Crippen LogP contribution in [0.3, 0.4) is 0 Å². The van der Waals surface area contributed by atoms with E-state index in [-0.39, 0.29) is 30.5 Å². The Hall–Kier alpha value is -2.31. The second-order valence-electron chi connectivity index (χ2n) is 5.73. The second kappa shape index (κ2) is 7.99.